The molecule has 118 valence electrons. The van der Waals surface area contributed by atoms with Gasteiger partial charge in [0.25, 0.3) is 0 Å². The third-order valence-electron chi connectivity index (χ3n) is 3.53. The fourth-order valence-corrected chi connectivity index (χ4v) is 2.29. The molecule has 0 amide bonds. The van der Waals surface area contributed by atoms with Crippen LogP contribution in [0.4, 0.5) is 0 Å². The van der Waals surface area contributed by atoms with Crippen molar-refractivity contribution in [3.8, 4) is 5.75 Å². The molecule has 0 heterocycles. The Hall–Kier alpha value is -1.55. The first-order valence-electron chi connectivity index (χ1n) is 7.23. The topological polar surface area (TPSA) is 72.5 Å². The zero-order valence-electron chi connectivity index (χ0n) is 13.9. The van der Waals surface area contributed by atoms with Gasteiger partial charge >= 0.3 is 5.97 Å². The Morgan fingerprint density at radius 2 is 1.52 bits per heavy atom. The lowest BCUT2D eigenvalue weighted by atomic mass is 9.78. The number of hydrogen-bond donors (Lipinski definition) is 2. The van der Waals surface area contributed by atoms with Gasteiger partial charge in [0.2, 0.25) is 0 Å². The van der Waals surface area contributed by atoms with E-state index >= 15 is 0 Å². The molecule has 0 unspecified atom stereocenters. The lowest BCUT2D eigenvalue weighted by Crippen LogP contribution is -2.18. The first kappa shape index (κ1) is 17.5. The van der Waals surface area contributed by atoms with E-state index in [0.29, 0.717) is 12.2 Å². The number of phenolic OH excluding ortho intramolecular Hbond substituents is 1. The summed E-state index contributed by atoms with van der Waals surface area (Å²) < 4.78 is 0. The molecule has 0 aliphatic rings. The predicted molar refractivity (Wildman–Crippen MR) is 84.1 cm³/mol. The summed E-state index contributed by atoms with van der Waals surface area (Å²) in [4.78, 5) is 15.4. The highest BCUT2D eigenvalue weighted by molar-refractivity contribution is 5.69. The van der Waals surface area contributed by atoms with Crippen molar-refractivity contribution in [1.82, 2.24) is 0 Å². The highest BCUT2D eigenvalue weighted by Gasteiger charge is 2.26. The standard InChI is InChI=1S/C17H27NO3/c1-16(2,3)12-9-11(7-8-14(19)21-18)10-13(15(12)20)17(4,5)6/h9-10,20H,7-8,18H2,1-6H3. The molecule has 3 N–H and O–H groups in total. The summed E-state index contributed by atoms with van der Waals surface area (Å²) in [5, 5.41) is 10.6. The lowest BCUT2D eigenvalue weighted by molar-refractivity contribution is -0.144. The third-order valence-corrected chi connectivity index (χ3v) is 3.53. The molecule has 0 radical (unpaired) electrons. The van der Waals surface area contributed by atoms with E-state index in [0.717, 1.165) is 16.7 Å². The Morgan fingerprint density at radius 3 is 1.86 bits per heavy atom. The summed E-state index contributed by atoms with van der Waals surface area (Å²) in [6.45, 7) is 12.4. The highest BCUT2D eigenvalue weighted by atomic mass is 16.7. The van der Waals surface area contributed by atoms with E-state index in [4.69, 9.17) is 5.90 Å². The largest absolute Gasteiger partial charge is 0.507 e. The third kappa shape index (κ3) is 4.46. The van der Waals surface area contributed by atoms with Gasteiger partial charge in [-0.3, -0.25) is 4.79 Å². The molecule has 0 aromatic heterocycles. The minimum absolute atomic E-state index is 0.172. The molecule has 1 rings (SSSR count). The summed E-state index contributed by atoms with van der Waals surface area (Å²) in [7, 11) is 0. The van der Waals surface area contributed by atoms with E-state index in [1.165, 1.54) is 0 Å². The smallest absolute Gasteiger partial charge is 0.324 e. The Kier molecular flexibility index (Phi) is 5.05. The molecule has 0 fully saturated rings. The van der Waals surface area contributed by atoms with Crippen LogP contribution in [0.1, 0.15) is 64.7 Å². The molecule has 0 bridgehead atoms. The monoisotopic (exact) mass is 293 g/mol. The zero-order valence-corrected chi connectivity index (χ0v) is 13.9. The van der Waals surface area contributed by atoms with Crippen molar-refractivity contribution >= 4 is 5.97 Å². The first-order valence-corrected chi connectivity index (χ1v) is 7.23. The first-order chi connectivity index (χ1) is 9.46. The summed E-state index contributed by atoms with van der Waals surface area (Å²) in [5.74, 6) is 4.78. The average molecular weight is 293 g/mol. The summed E-state index contributed by atoms with van der Waals surface area (Å²) in [6, 6.07) is 3.93. The molecular formula is C17H27NO3. The van der Waals surface area contributed by atoms with Crippen molar-refractivity contribution in [3.63, 3.8) is 0 Å². The molecule has 1 aromatic rings. The number of phenols is 1. The molecule has 21 heavy (non-hydrogen) atoms. The van der Waals surface area contributed by atoms with Crippen molar-refractivity contribution in [2.24, 2.45) is 5.90 Å². The maximum absolute atomic E-state index is 11.2. The normalized spacial score (nSPS) is 12.3. The summed E-state index contributed by atoms with van der Waals surface area (Å²) in [5.41, 5.74) is 2.45. The Morgan fingerprint density at radius 1 is 1.10 bits per heavy atom. The van der Waals surface area contributed by atoms with Crippen molar-refractivity contribution in [2.45, 2.75) is 65.2 Å². The van der Waals surface area contributed by atoms with E-state index in [2.05, 4.69) is 46.4 Å². The van der Waals surface area contributed by atoms with Gasteiger partial charge in [0.15, 0.2) is 0 Å². The van der Waals surface area contributed by atoms with E-state index in [1.54, 1.807) is 0 Å². The highest BCUT2D eigenvalue weighted by Crippen LogP contribution is 2.39. The van der Waals surface area contributed by atoms with Crippen LogP contribution in [0.5, 0.6) is 5.75 Å². The van der Waals surface area contributed by atoms with Crippen LogP contribution in [-0.2, 0) is 26.9 Å². The van der Waals surface area contributed by atoms with Crippen LogP contribution in [0.25, 0.3) is 0 Å². The van der Waals surface area contributed by atoms with Gasteiger partial charge in [-0.2, -0.15) is 5.90 Å². The maximum atomic E-state index is 11.2. The van der Waals surface area contributed by atoms with Crippen LogP contribution >= 0.6 is 0 Å². The molecule has 4 heteroatoms. The maximum Gasteiger partial charge on any atom is 0.324 e. The quantitative estimate of drug-likeness (QED) is 0.838. The lowest BCUT2D eigenvalue weighted by Gasteiger charge is -2.28. The van der Waals surface area contributed by atoms with Crippen LogP contribution < -0.4 is 5.90 Å². The van der Waals surface area contributed by atoms with E-state index in [-0.39, 0.29) is 17.3 Å². The van der Waals surface area contributed by atoms with Crippen molar-refractivity contribution in [2.75, 3.05) is 0 Å². The summed E-state index contributed by atoms with van der Waals surface area (Å²) in [6.07, 6.45) is 0.775. The summed E-state index contributed by atoms with van der Waals surface area (Å²) >= 11 is 0. The van der Waals surface area contributed by atoms with Gasteiger partial charge < -0.3 is 9.94 Å². The second kappa shape index (κ2) is 6.06. The van der Waals surface area contributed by atoms with Crippen LogP contribution in [-0.4, -0.2) is 11.1 Å². The number of carbonyl (C=O) groups is 1. The van der Waals surface area contributed by atoms with Gasteiger partial charge in [0.05, 0.1) is 6.42 Å². The number of aromatic hydroxyl groups is 1. The molecule has 0 saturated carbocycles. The zero-order chi connectivity index (χ0) is 16.4. The second-order valence-electron chi connectivity index (χ2n) is 7.53. The Balaban J connectivity index is 3.31. The van der Waals surface area contributed by atoms with E-state index in [9.17, 15) is 9.90 Å². The Bertz CT molecular complexity index is 487. The molecule has 0 aliphatic heterocycles. The van der Waals surface area contributed by atoms with Crippen LogP contribution in [0, 0.1) is 0 Å². The van der Waals surface area contributed by atoms with Gasteiger partial charge in [0.1, 0.15) is 5.75 Å². The van der Waals surface area contributed by atoms with Gasteiger partial charge in [-0.25, -0.2) is 0 Å². The van der Waals surface area contributed by atoms with Gasteiger partial charge in [-0.1, -0.05) is 53.7 Å². The van der Waals surface area contributed by atoms with Gasteiger partial charge in [0, 0.05) is 0 Å². The average Bonchev–Trinajstić information content (AvgIpc) is 2.34. The van der Waals surface area contributed by atoms with Crippen molar-refractivity contribution in [1.29, 1.82) is 0 Å². The molecule has 0 aliphatic carbocycles. The van der Waals surface area contributed by atoms with Crippen LogP contribution in [0.2, 0.25) is 0 Å². The molecule has 0 saturated heterocycles. The van der Waals surface area contributed by atoms with Crippen LogP contribution in [0.15, 0.2) is 12.1 Å². The number of hydrogen-bond acceptors (Lipinski definition) is 4. The van der Waals surface area contributed by atoms with E-state index in [1.807, 2.05) is 12.1 Å². The van der Waals surface area contributed by atoms with Crippen molar-refractivity contribution in [3.05, 3.63) is 28.8 Å². The molecule has 4 nitrogen and oxygen atoms in total. The van der Waals surface area contributed by atoms with E-state index < -0.39 is 5.97 Å². The fraction of sp³-hybridized carbons (Fsp3) is 0.588. The van der Waals surface area contributed by atoms with Gasteiger partial charge in [-0.05, 0) is 33.9 Å². The minimum Gasteiger partial charge on any atom is -0.507 e. The number of aryl methyl sites for hydroxylation is 1. The molecular weight excluding hydrogens is 266 g/mol. The fourth-order valence-electron chi connectivity index (χ4n) is 2.29. The Labute approximate surface area is 127 Å². The number of nitrogens with two attached hydrogens (primary N) is 1. The second-order valence-corrected chi connectivity index (χ2v) is 7.53. The van der Waals surface area contributed by atoms with Crippen molar-refractivity contribution < 1.29 is 14.7 Å². The number of carbonyl (C=O) groups excluding carboxylic acids is 1. The number of rotatable bonds is 3. The SMILES string of the molecule is CC(C)(C)c1cc(CCC(=O)ON)cc(C(C)(C)C)c1O. The predicted octanol–water partition coefficient (Wildman–Crippen LogP) is 3.34. The minimum atomic E-state index is -0.433. The molecule has 1 aromatic carbocycles. The molecule has 0 spiro atoms. The van der Waals surface area contributed by atoms with Crippen LogP contribution in [0.3, 0.4) is 0 Å². The van der Waals surface area contributed by atoms with Gasteiger partial charge in [-0.15, -0.1) is 0 Å². The number of benzene rings is 1. The molecule has 0 atom stereocenters.